The second kappa shape index (κ2) is 5.78. The number of hydrogen-bond donors (Lipinski definition) is 1. The van der Waals surface area contributed by atoms with Gasteiger partial charge in [0.05, 0.1) is 5.02 Å². The van der Waals surface area contributed by atoms with E-state index in [-0.39, 0.29) is 5.02 Å². The summed E-state index contributed by atoms with van der Waals surface area (Å²) < 4.78 is 14.0. The second-order valence-corrected chi connectivity index (χ2v) is 4.19. The molecule has 0 spiro atoms. The average molecular weight is 266 g/mol. The van der Waals surface area contributed by atoms with Crippen molar-refractivity contribution < 1.29 is 4.39 Å². The van der Waals surface area contributed by atoms with Gasteiger partial charge < -0.3 is 5.32 Å². The number of benzene rings is 1. The van der Waals surface area contributed by atoms with Crippen molar-refractivity contribution in [2.75, 3.05) is 11.9 Å². The lowest BCUT2D eigenvalue weighted by Crippen LogP contribution is -2.05. The molecule has 1 heterocycles. The summed E-state index contributed by atoms with van der Waals surface area (Å²) in [6.07, 6.45) is 4.06. The molecule has 0 aliphatic carbocycles. The fraction of sp³-hybridized carbons (Fsp3) is 0.231. The standard InChI is InChI=1S/C13H13ClFN3/c1-2-6-17-13-12(16-7-8-18-13)9-4-3-5-10(14)11(9)15/h3-5,7-8H,2,6H2,1H3,(H,17,18). The van der Waals surface area contributed by atoms with E-state index < -0.39 is 5.82 Å². The van der Waals surface area contributed by atoms with Crippen molar-refractivity contribution in [2.45, 2.75) is 13.3 Å². The van der Waals surface area contributed by atoms with Gasteiger partial charge in [0.15, 0.2) is 11.6 Å². The van der Waals surface area contributed by atoms with Gasteiger partial charge in [-0.2, -0.15) is 0 Å². The van der Waals surface area contributed by atoms with Gasteiger partial charge in [0.25, 0.3) is 0 Å². The van der Waals surface area contributed by atoms with E-state index in [0.29, 0.717) is 17.1 Å². The molecule has 18 heavy (non-hydrogen) atoms. The molecule has 0 aliphatic rings. The maximum atomic E-state index is 14.0. The maximum Gasteiger partial charge on any atom is 0.152 e. The first-order valence-electron chi connectivity index (χ1n) is 5.73. The first kappa shape index (κ1) is 12.8. The monoisotopic (exact) mass is 265 g/mol. The smallest absolute Gasteiger partial charge is 0.152 e. The Labute approximate surface area is 110 Å². The highest BCUT2D eigenvalue weighted by molar-refractivity contribution is 6.31. The molecule has 0 atom stereocenters. The van der Waals surface area contributed by atoms with Crippen molar-refractivity contribution >= 4 is 17.4 Å². The van der Waals surface area contributed by atoms with Gasteiger partial charge in [-0.1, -0.05) is 24.6 Å². The van der Waals surface area contributed by atoms with Crippen LogP contribution in [0.1, 0.15) is 13.3 Å². The van der Waals surface area contributed by atoms with Gasteiger partial charge in [0.2, 0.25) is 0 Å². The van der Waals surface area contributed by atoms with E-state index in [9.17, 15) is 4.39 Å². The van der Waals surface area contributed by atoms with Gasteiger partial charge in [-0.15, -0.1) is 0 Å². The van der Waals surface area contributed by atoms with E-state index in [4.69, 9.17) is 11.6 Å². The quantitative estimate of drug-likeness (QED) is 0.915. The fourth-order valence-electron chi connectivity index (χ4n) is 1.59. The molecule has 0 unspecified atom stereocenters. The third kappa shape index (κ3) is 2.59. The SMILES string of the molecule is CCCNc1nccnc1-c1cccc(Cl)c1F. The first-order valence-corrected chi connectivity index (χ1v) is 6.11. The lowest BCUT2D eigenvalue weighted by atomic mass is 10.1. The molecule has 94 valence electrons. The highest BCUT2D eigenvalue weighted by Gasteiger charge is 2.13. The number of rotatable bonds is 4. The molecule has 1 N–H and O–H groups in total. The average Bonchev–Trinajstić information content (AvgIpc) is 2.40. The number of halogens is 2. The number of nitrogens with one attached hydrogen (secondary N) is 1. The molecule has 0 amide bonds. The Bertz CT molecular complexity index is 546. The van der Waals surface area contributed by atoms with Crippen LogP contribution in [0.5, 0.6) is 0 Å². The Morgan fingerprint density at radius 1 is 1.28 bits per heavy atom. The third-order valence-electron chi connectivity index (χ3n) is 2.45. The Morgan fingerprint density at radius 3 is 2.83 bits per heavy atom. The molecular formula is C13H13ClFN3. The van der Waals surface area contributed by atoms with Crippen molar-refractivity contribution in [1.29, 1.82) is 0 Å². The summed E-state index contributed by atoms with van der Waals surface area (Å²) in [5.74, 6) is 0.0970. The van der Waals surface area contributed by atoms with Crippen LogP contribution in [0.2, 0.25) is 5.02 Å². The molecule has 3 nitrogen and oxygen atoms in total. The van der Waals surface area contributed by atoms with Gasteiger partial charge in [-0.25, -0.2) is 9.37 Å². The predicted molar refractivity (Wildman–Crippen MR) is 71.2 cm³/mol. The van der Waals surface area contributed by atoms with Crippen LogP contribution in [-0.2, 0) is 0 Å². The summed E-state index contributed by atoms with van der Waals surface area (Å²) >= 11 is 5.78. The van der Waals surface area contributed by atoms with Crippen LogP contribution in [0, 0.1) is 5.82 Å². The summed E-state index contributed by atoms with van der Waals surface area (Å²) in [5.41, 5.74) is 0.833. The number of hydrogen-bond acceptors (Lipinski definition) is 3. The molecule has 0 aliphatic heterocycles. The molecule has 0 saturated heterocycles. The Morgan fingerprint density at radius 2 is 2.06 bits per heavy atom. The van der Waals surface area contributed by atoms with Crippen molar-refractivity contribution in [1.82, 2.24) is 9.97 Å². The van der Waals surface area contributed by atoms with Crippen LogP contribution in [0.3, 0.4) is 0 Å². The largest absolute Gasteiger partial charge is 0.368 e. The molecular weight excluding hydrogens is 253 g/mol. The van der Waals surface area contributed by atoms with Gasteiger partial charge in [0.1, 0.15) is 5.69 Å². The normalized spacial score (nSPS) is 10.4. The predicted octanol–water partition coefficient (Wildman–Crippen LogP) is 3.76. The van der Waals surface area contributed by atoms with E-state index in [1.165, 1.54) is 12.3 Å². The second-order valence-electron chi connectivity index (χ2n) is 3.78. The molecule has 5 heteroatoms. The summed E-state index contributed by atoms with van der Waals surface area (Å²) in [6, 6.07) is 4.84. The van der Waals surface area contributed by atoms with Crippen LogP contribution >= 0.6 is 11.6 Å². The van der Waals surface area contributed by atoms with E-state index in [1.807, 2.05) is 6.92 Å². The zero-order valence-electron chi connectivity index (χ0n) is 9.95. The summed E-state index contributed by atoms with van der Waals surface area (Å²) in [5, 5.41) is 3.21. The van der Waals surface area contributed by atoms with Crippen molar-refractivity contribution in [3.05, 3.63) is 41.4 Å². The fourth-order valence-corrected chi connectivity index (χ4v) is 1.77. The van der Waals surface area contributed by atoms with E-state index in [2.05, 4.69) is 15.3 Å². The summed E-state index contributed by atoms with van der Waals surface area (Å²) in [6.45, 7) is 2.80. The molecule has 0 fully saturated rings. The highest BCUT2D eigenvalue weighted by Crippen LogP contribution is 2.29. The highest BCUT2D eigenvalue weighted by atomic mass is 35.5. The van der Waals surface area contributed by atoms with Crippen LogP contribution in [0.4, 0.5) is 10.2 Å². The number of aromatic nitrogens is 2. The van der Waals surface area contributed by atoms with Gasteiger partial charge in [-0.05, 0) is 18.6 Å². The molecule has 0 bridgehead atoms. The van der Waals surface area contributed by atoms with Crippen LogP contribution in [0.25, 0.3) is 11.3 Å². The molecule has 1 aromatic heterocycles. The summed E-state index contributed by atoms with van der Waals surface area (Å²) in [4.78, 5) is 8.36. The number of nitrogens with zero attached hydrogens (tertiary/aromatic N) is 2. The number of anilines is 1. The zero-order valence-corrected chi connectivity index (χ0v) is 10.7. The van der Waals surface area contributed by atoms with Crippen LogP contribution in [0.15, 0.2) is 30.6 Å². The van der Waals surface area contributed by atoms with E-state index >= 15 is 0 Å². The minimum absolute atomic E-state index is 0.0830. The minimum Gasteiger partial charge on any atom is -0.368 e. The van der Waals surface area contributed by atoms with Gasteiger partial charge in [-0.3, -0.25) is 4.98 Å². The minimum atomic E-state index is -0.473. The van der Waals surface area contributed by atoms with Crippen molar-refractivity contribution in [3.63, 3.8) is 0 Å². The molecule has 2 aromatic rings. The van der Waals surface area contributed by atoms with E-state index in [0.717, 1.165) is 13.0 Å². The zero-order chi connectivity index (χ0) is 13.0. The lowest BCUT2D eigenvalue weighted by molar-refractivity contribution is 0.631. The topological polar surface area (TPSA) is 37.8 Å². The van der Waals surface area contributed by atoms with Crippen LogP contribution in [-0.4, -0.2) is 16.5 Å². The van der Waals surface area contributed by atoms with Gasteiger partial charge in [0, 0.05) is 24.5 Å². The molecule has 1 aromatic carbocycles. The first-order chi connectivity index (χ1) is 8.74. The lowest BCUT2D eigenvalue weighted by Gasteiger charge is -2.10. The Hall–Kier alpha value is -1.68. The third-order valence-corrected chi connectivity index (χ3v) is 2.74. The Balaban J connectivity index is 2.46. The summed E-state index contributed by atoms with van der Waals surface area (Å²) in [7, 11) is 0. The van der Waals surface area contributed by atoms with E-state index in [1.54, 1.807) is 18.3 Å². The van der Waals surface area contributed by atoms with Gasteiger partial charge >= 0.3 is 0 Å². The molecule has 2 rings (SSSR count). The maximum absolute atomic E-state index is 14.0. The van der Waals surface area contributed by atoms with Crippen molar-refractivity contribution in [2.24, 2.45) is 0 Å². The molecule has 0 radical (unpaired) electrons. The van der Waals surface area contributed by atoms with Crippen LogP contribution < -0.4 is 5.32 Å². The van der Waals surface area contributed by atoms with Crippen molar-refractivity contribution in [3.8, 4) is 11.3 Å². The molecule has 0 saturated carbocycles. The Kier molecular flexibility index (Phi) is 4.10.